The second kappa shape index (κ2) is 9.50. The fourth-order valence-electron chi connectivity index (χ4n) is 2.06. The van der Waals surface area contributed by atoms with Gasteiger partial charge in [0, 0.05) is 11.4 Å². The summed E-state index contributed by atoms with van der Waals surface area (Å²) in [6.07, 6.45) is 0.347. The van der Waals surface area contributed by atoms with Gasteiger partial charge in [-0.25, -0.2) is 0 Å². The number of nitrogens with one attached hydrogen (secondary N) is 2. The average molecular weight is 353 g/mol. The van der Waals surface area contributed by atoms with Crippen molar-refractivity contribution in [3.63, 3.8) is 0 Å². The fourth-order valence-corrected chi connectivity index (χ4v) is 2.68. The minimum atomic E-state index is -0.166. The summed E-state index contributed by atoms with van der Waals surface area (Å²) in [6, 6.07) is 16.8. The van der Waals surface area contributed by atoms with Gasteiger partial charge in [-0.2, -0.15) is 5.26 Å². The van der Waals surface area contributed by atoms with E-state index in [1.165, 1.54) is 11.8 Å². The van der Waals surface area contributed by atoms with E-state index in [1.807, 2.05) is 31.2 Å². The Morgan fingerprint density at radius 1 is 0.920 bits per heavy atom. The van der Waals surface area contributed by atoms with E-state index in [1.54, 1.807) is 24.3 Å². The first-order valence-corrected chi connectivity index (χ1v) is 8.92. The number of nitrogens with zero attached hydrogens (tertiary/aromatic N) is 1. The van der Waals surface area contributed by atoms with Crippen molar-refractivity contribution in [3.05, 3.63) is 59.7 Å². The first-order valence-electron chi connectivity index (χ1n) is 7.77. The Balaban J connectivity index is 1.70. The van der Waals surface area contributed by atoms with Crippen LogP contribution in [0.2, 0.25) is 0 Å². The van der Waals surface area contributed by atoms with Crippen molar-refractivity contribution in [2.24, 2.45) is 0 Å². The van der Waals surface area contributed by atoms with E-state index in [2.05, 4.69) is 16.7 Å². The Bertz CT molecular complexity index is 765. The molecule has 0 aliphatic rings. The van der Waals surface area contributed by atoms with Crippen LogP contribution in [0.3, 0.4) is 0 Å². The molecule has 2 aromatic rings. The highest BCUT2D eigenvalue weighted by Gasteiger charge is 2.07. The van der Waals surface area contributed by atoms with Crippen LogP contribution in [0.15, 0.2) is 48.5 Å². The minimum absolute atomic E-state index is 0.137. The topological polar surface area (TPSA) is 82.0 Å². The Kier molecular flexibility index (Phi) is 7.05. The number of aryl methyl sites for hydroxylation is 1. The second-order valence-corrected chi connectivity index (χ2v) is 6.47. The summed E-state index contributed by atoms with van der Waals surface area (Å²) in [6.45, 7) is 1.98. The summed E-state index contributed by atoms with van der Waals surface area (Å²) in [5.74, 6) is 0.104. The molecule has 0 heterocycles. The normalized spacial score (nSPS) is 9.92. The highest BCUT2D eigenvalue weighted by Crippen LogP contribution is 2.12. The molecule has 0 atom stereocenters. The molecule has 2 aromatic carbocycles. The molecule has 25 heavy (non-hydrogen) atoms. The van der Waals surface area contributed by atoms with Gasteiger partial charge in [-0.3, -0.25) is 9.59 Å². The van der Waals surface area contributed by atoms with Crippen LogP contribution in [0.4, 0.5) is 11.4 Å². The van der Waals surface area contributed by atoms with Crippen molar-refractivity contribution in [2.75, 3.05) is 22.1 Å². The molecule has 0 fully saturated rings. The van der Waals surface area contributed by atoms with Crippen molar-refractivity contribution in [1.82, 2.24) is 0 Å². The van der Waals surface area contributed by atoms with Crippen molar-refractivity contribution in [1.29, 1.82) is 5.26 Å². The quantitative estimate of drug-likeness (QED) is 0.799. The lowest BCUT2D eigenvalue weighted by Crippen LogP contribution is -2.18. The van der Waals surface area contributed by atoms with Gasteiger partial charge in [0.25, 0.3) is 0 Å². The van der Waals surface area contributed by atoms with Gasteiger partial charge in [0.1, 0.15) is 0 Å². The first kappa shape index (κ1) is 18.6. The maximum Gasteiger partial charge on any atom is 0.234 e. The van der Waals surface area contributed by atoms with E-state index in [9.17, 15) is 9.59 Å². The van der Waals surface area contributed by atoms with E-state index in [0.717, 1.165) is 16.8 Å². The van der Waals surface area contributed by atoms with E-state index >= 15 is 0 Å². The molecule has 0 unspecified atom stereocenters. The molecule has 0 saturated heterocycles. The Morgan fingerprint density at radius 3 is 1.88 bits per heavy atom. The number of hydrogen-bond acceptors (Lipinski definition) is 4. The van der Waals surface area contributed by atoms with Crippen LogP contribution in [-0.4, -0.2) is 23.3 Å². The Hall–Kier alpha value is -2.78. The molecule has 2 N–H and O–H groups in total. The predicted molar refractivity (Wildman–Crippen MR) is 102 cm³/mol. The van der Waals surface area contributed by atoms with Crippen LogP contribution in [0.5, 0.6) is 0 Å². The van der Waals surface area contributed by atoms with Gasteiger partial charge < -0.3 is 10.6 Å². The minimum Gasteiger partial charge on any atom is -0.325 e. The van der Waals surface area contributed by atoms with Crippen molar-refractivity contribution < 1.29 is 9.59 Å². The predicted octanol–water partition coefficient (Wildman–Crippen LogP) is 3.37. The van der Waals surface area contributed by atoms with Crippen LogP contribution in [0, 0.1) is 18.3 Å². The van der Waals surface area contributed by atoms with Gasteiger partial charge in [-0.15, -0.1) is 11.8 Å². The second-order valence-electron chi connectivity index (χ2n) is 5.49. The molecule has 0 aliphatic heterocycles. The van der Waals surface area contributed by atoms with E-state index < -0.39 is 0 Å². The summed E-state index contributed by atoms with van der Waals surface area (Å²) in [5.41, 5.74) is 3.46. The number of thioether (sulfide) groups is 1. The summed E-state index contributed by atoms with van der Waals surface area (Å²) < 4.78 is 0. The van der Waals surface area contributed by atoms with E-state index in [4.69, 9.17) is 5.26 Å². The number of nitriles is 1. The zero-order valence-electron chi connectivity index (χ0n) is 13.9. The van der Waals surface area contributed by atoms with Crippen LogP contribution in [-0.2, 0) is 16.0 Å². The van der Waals surface area contributed by atoms with Crippen molar-refractivity contribution in [3.8, 4) is 6.07 Å². The smallest absolute Gasteiger partial charge is 0.234 e. The molecular formula is C19H19N3O2S. The van der Waals surface area contributed by atoms with Crippen LogP contribution in [0.25, 0.3) is 0 Å². The molecule has 0 aromatic heterocycles. The van der Waals surface area contributed by atoms with Gasteiger partial charge in [0.2, 0.25) is 11.8 Å². The van der Waals surface area contributed by atoms with Gasteiger partial charge in [0.15, 0.2) is 0 Å². The molecule has 6 heteroatoms. The third-order valence-electron chi connectivity index (χ3n) is 3.32. The van der Waals surface area contributed by atoms with Crippen LogP contribution >= 0.6 is 11.8 Å². The number of hydrogen-bond donors (Lipinski definition) is 2. The number of anilines is 2. The van der Waals surface area contributed by atoms with E-state index in [0.29, 0.717) is 12.1 Å². The van der Waals surface area contributed by atoms with Gasteiger partial charge >= 0.3 is 0 Å². The van der Waals surface area contributed by atoms with Crippen molar-refractivity contribution in [2.45, 2.75) is 13.3 Å². The van der Waals surface area contributed by atoms with Crippen LogP contribution in [0.1, 0.15) is 11.1 Å². The van der Waals surface area contributed by atoms with Crippen molar-refractivity contribution >= 4 is 35.0 Å². The largest absolute Gasteiger partial charge is 0.325 e. The number of carbonyl (C=O) groups excluding carboxylic acids is 2. The third-order valence-corrected chi connectivity index (χ3v) is 4.26. The molecule has 0 aliphatic carbocycles. The zero-order valence-corrected chi connectivity index (χ0v) is 14.7. The lowest BCUT2D eigenvalue weighted by Gasteiger charge is -2.07. The third kappa shape index (κ3) is 6.69. The molecule has 2 amide bonds. The number of amides is 2. The summed E-state index contributed by atoms with van der Waals surface area (Å²) in [7, 11) is 0. The number of rotatable bonds is 7. The maximum atomic E-state index is 11.9. The Labute approximate surface area is 151 Å². The number of benzene rings is 2. The molecule has 0 radical (unpaired) electrons. The molecule has 0 saturated carbocycles. The van der Waals surface area contributed by atoms with Gasteiger partial charge in [0.05, 0.1) is 24.0 Å². The molecule has 0 spiro atoms. The lowest BCUT2D eigenvalue weighted by molar-refractivity contribution is -0.114. The highest BCUT2D eigenvalue weighted by atomic mass is 32.2. The molecule has 0 bridgehead atoms. The lowest BCUT2D eigenvalue weighted by atomic mass is 10.1. The van der Waals surface area contributed by atoms with Crippen LogP contribution < -0.4 is 10.6 Å². The average Bonchev–Trinajstić information content (AvgIpc) is 2.59. The standard InChI is InChI=1S/C19H19N3O2S/c1-14-2-6-16(7-3-14)21-18(23)12-25-13-19(24)22-17-8-4-15(5-9-17)10-11-20/h2-9H,10,12-13H2,1H3,(H,21,23)(H,22,24). The SMILES string of the molecule is Cc1ccc(NC(=O)CSCC(=O)Nc2ccc(CC#N)cc2)cc1. The summed E-state index contributed by atoms with van der Waals surface area (Å²) >= 11 is 1.26. The molecule has 2 rings (SSSR count). The molecular weight excluding hydrogens is 334 g/mol. The number of carbonyl (C=O) groups is 2. The summed E-state index contributed by atoms with van der Waals surface area (Å²) in [5, 5.41) is 14.2. The van der Waals surface area contributed by atoms with Gasteiger partial charge in [-0.1, -0.05) is 29.8 Å². The zero-order chi connectivity index (χ0) is 18.1. The van der Waals surface area contributed by atoms with Gasteiger partial charge in [-0.05, 0) is 36.8 Å². The fraction of sp³-hybridized carbons (Fsp3) is 0.211. The maximum absolute atomic E-state index is 11.9. The molecule has 128 valence electrons. The summed E-state index contributed by atoms with van der Waals surface area (Å²) in [4.78, 5) is 23.7. The van der Waals surface area contributed by atoms with E-state index in [-0.39, 0.29) is 23.3 Å². The molecule has 5 nitrogen and oxygen atoms in total. The first-order chi connectivity index (χ1) is 12.1. The Morgan fingerprint density at radius 2 is 1.40 bits per heavy atom. The highest BCUT2D eigenvalue weighted by molar-refractivity contribution is 8.00. The monoisotopic (exact) mass is 353 g/mol.